The van der Waals surface area contributed by atoms with Gasteiger partial charge < -0.3 is 0 Å². The highest BCUT2D eigenvalue weighted by Gasteiger charge is 2.26. The molecule has 2 nitrogen and oxygen atoms in total. The summed E-state index contributed by atoms with van der Waals surface area (Å²) >= 11 is 0. The fraction of sp³-hybridized carbons (Fsp3) is 1.00. The highest BCUT2D eigenvalue weighted by atomic mass is 32.2. The van der Waals surface area contributed by atoms with Crippen LogP contribution in [0.1, 0.15) is 58.8 Å². The Kier molecular flexibility index (Phi) is 5.10. The Hall–Kier alpha value is -0.0500. The van der Waals surface area contributed by atoms with Crippen LogP contribution in [0.3, 0.4) is 0 Å². The fourth-order valence-corrected chi connectivity index (χ4v) is 4.89. The molecular weight excluding hydrogens is 208 g/mol. The summed E-state index contributed by atoms with van der Waals surface area (Å²) in [7, 11) is -2.82. The molecule has 0 unspecified atom stereocenters. The molecule has 3 heteroatoms. The average Bonchev–Trinajstić information content (AvgIpc) is 2.19. The molecule has 0 heterocycles. The summed E-state index contributed by atoms with van der Waals surface area (Å²) in [5, 5.41) is -0.0978. The Balaban J connectivity index is 2.54. The van der Waals surface area contributed by atoms with Crippen LogP contribution in [0.25, 0.3) is 0 Å². The minimum absolute atomic E-state index is 0.0978. The lowest BCUT2D eigenvalue weighted by molar-refractivity contribution is 0.383. The molecular formula is C12H24O2S. The molecule has 0 bridgehead atoms. The first-order valence-electron chi connectivity index (χ1n) is 6.31. The molecule has 0 radical (unpaired) electrons. The Morgan fingerprint density at radius 2 is 1.60 bits per heavy atom. The molecule has 0 aliphatic heterocycles. The van der Waals surface area contributed by atoms with E-state index in [4.69, 9.17) is 0 Å². The standard InChI is InChI=1S/C12H24O2S/c1-3-12(4-2)15(13,14)10-11-8-6-5-7-9-11/h11-12H,3-10H2,1-2H3. The van der Waals surface area contributed by atoms with Gasteiger partial charge in [-0.15, -0.1) is 0 Å². The predicted octanol–water partition coefficient (Wildman–Crippen LogP) is 3.17. The molecule has 15 heavy (non-hydrogen) atoms. The predicted molar refractivity (Wildman–Crippen MR) is 64.7 cm³/mol. The molecule has 0 aromatic carbocycles. The topological polar surface area (TPSA) is 34.1 Å². The second-order valence-corrected chi connectivity index (χ2v) is 7.10. The number of hydrogen-bond donors (Lipinski definition) is 0. The molecule has 0 amide bonds. The second-order valence-electron chi connectivity index (χ2n) is 4.77. The maximum Gasteiger partial charge on any atom is 0.153 e. The highest BCUT2D eigenvalue weighted by molar-refractivity contribution is 7.92. The van der Waals surface area contributed by atoms with E-state index in [-0.39, 0.29) is 5.25 Å². The third-order valence-corrected chi connectivity index (χ3v) is 6.23. The van der Waals surface area contributed by atoms with Crippen molar-refractivity contribution in [3.8, 4) is 0 Å². The van der Waals surface area contributed by atoms with Crippen LogP contribution in [-0.2, 0) is 9.84 Å². The van der Waals surface area contributed by atoms with Crippen molar-refractivity contribution in [1.82, 2.24) is 0 Å². The van der Waals surface area contributed by atoms with E-state index in [0.29, 0.717) is 11.7 Å². The third kappa shape index (κ3) is 3.78. The summed E-state index contributed by atoms with van der Waals surface area (Å²) < 4.78 is 24.1. The minimum atomic E-state index is -2.82. The zero-order chi connectivity index (χ0) is 11.3. The Morgan fingerprint density at radius 3 is 2.07 bits per heavy atom. The first-order chi connectivity index (χ1) is 7.10. The van der Waals surface area contributed by atoms with Crippen LogP contribution in [0.5, 0.6) is 0 Å². The fourth-order valence-electron chi connectivity index (χ4n) is 2.61. The van der Waals surface area contributed by atoms with E-state index in [2.05, 4.69) is 0 Å². The summed E-state index contributed by atoms with van der Waals surface area (Å²) in [6.45, 7) is 3.96. The van der Waals surface area contributed by atoms with Crippen molar-refractivity contribution in [3.63, 3.8) is 0 Å². The molecule has 90 valence electrons. The van der Waals surface area contributed by atoms with E-state index in [1.54, 1.807) is 0 Å². The number of hydrogen-bond acceptors (Lipinski definition) is 2. The van der Waals surface area contributed by atoms with E-state index in [1.165, 1.54) is 19.3 Å². The SMILES string of the molecule is CCC(CC)S(=O)(=O)CC1CCCCC1. The van der Waals surface area contributed by atoms with Crippen LogP contribution in [0.15, 0.2) is 0 Å². The zero-order valence-electron chi connectivity index (χ0n) is 10.0. The Morgan fingerprint density at radius 1 is 1.07 bits per heavy atom. The van der Waals surface area contributed by atoms with Crippen LogP contribution in [-0.4, -0.2) is 19.4 Å². The van der Waals surface area contributed by atoms with Crippen LogP contribution < -0.4 is 0 Å². The molecule has 1 aliphatic carbocycles. The van der Waals surface area contributed by atoms with Gasteiger partial charge in [-0.2, -0.15) is 0 Å². The maximum absolute atomic E-state index is 12.1. The number of rotatable bonds is 5. The van der Waals surface area contributed by atoms with Gasteiger partial charge in [-0.3, -0.25) is 0 Å². The summed E-state index contributed by atoms with van der Waals surface area (Å²) in [6.07, 6.45) is 7.53. The second kappa shape index (κ2) is 5.88. The lowest BCUT2D eigenvalue weighted by Gasteiger charge is -2.23. The molecule has 0 spiro atoms. The van der Waals surface area contributed by atoms with Crippen LogP contribution in [0.2, 0.25) is 0 Å². The highest BCUT2D eigenvalue weighted by Crippen LogP contribution is 2.26. The molecule has 1 fully saturated rings. The first-order valence-corrected chi connectivity index (χ1v) is 8.03. The van der Waals surface area contributed by atoms with Crippen molar-refractivity contribution in [1.29, 1.82) is 0 Å². The summed E-state index contributed by atoms with van der Waals surface area (Å²) in [4.78, 5) is 0. The monoisotopic (exact) mass is 232 g/mol. The van der Waals surface area contributed by atoms with Gasteiger partial charge in [-0.05, 0) is 31.6 Å². The van der Waals surface area contributed by atoms with Gasteiger partial charge in [0.15, 0.2) is 9.84 Å². The molecule has 0 aromatic heterocycles. The minimum Gasteiger partial charge on any atom is -0.229 e. The average molecular weight is 232 g/mol. The van der Waals surface area contributed by atoms with Gasteiger partial charge in [0, 0.05) is 0 Å². The smallest absolute Gasteiger partial charge is 0.153 e. The summed E-state index contributed by atoms with van der Waals surface area (Å²) in [5.74, 6) is 0.892. The van der Waals surface area contributed by atoms with Crippen LogP contribution >= 0.6 is 0 Å². The van der Waals surface area contributed by atoms with Gasteiger partial charge in [0.05, 0.1) is 11.0 Å². The van der Waals surface area contributed by atoms with Gasteiger partial charge in [-0.25, -0.2) is 8.42 Å². The van der Waals surface area contributed by atoms with E-state index < -0.39 is 9.84 Å². The molecule has 0 aromatic rings. The molecule has 1 saturated carbocycles. The van der Waals surface area contributed by atoms with E-state index in [0.717, 1.165) is 25.7 Å². The van der Waals surface area contributed by atoms with Gasteiger partial charge in [0.25, 0.3) is 0 Å². The van der Waals surface area contributed by atoms with Crippen molar-refractivity contribution in [3.05, 3.63) is 0 Å². The third-order valence-electron chi connectivity index (χ3n) is 3.61. The van der Waals surface area contributed by atoms with Crippen LogP contribution in [0, 0.1) is 5.92 Å². The molecule has 0 atom stereocenters. The van der Waals surface area contributed by atoms with E-state index in [9.17, 15) is 8.42 Å². The largest absolute Gasteiger partial charge is 0.229 e. The van der Waals surface area contributed by atoms with Crippen molar-refractivity contribution in [2.24, 2.45) is 5.92 Å². The van der Waals surface area contributed by atoms with Gasteiger partial charge in [0.1, 0.15) is 0 Å². The van der Waals surface area contributed by atoms with Crippen molar-refractivity contribution < 1.29 is 8.42 Å². The van der Waals surface area contributed by atoms with Crippen LogP contribution in [0.4, 0.5) is 0 Å². The summed E-state index contributed by atoms with van der Waals surface area (Å²) in [5.41, 5.74) is 0. The van der Waals surface area contributed by atoms with Crippen molar-refractivity contribution in [2.45, 2.75) is 64.0 Å². The van der Waals surface area contributed by atoms with E-state index >= 15 is 0 Å². The normalized spacial score (nSPS) is 19.7. The first kappa shape index (κ1) is 13.0. The zero-order valence-corrected chi connectivity index (χ0v) is 10.9. The molecule has 1 rings (SSSR count). The van der Waals surface area contributed by atoms with E-state index in [1.807, 2.05) is 13.8 Å². The lowest BCUT2D eigenvalue weighted by Crippen LogP contribution is -2.27. The Bertz CT molecular complexity index is 259. The van der Waals surface area contributed by atoms with Crippen molar-refractivity contribution in [2.75, 3.05) is 5.75 Å². The molecule has 0 saturated heterocycles. The maximum atomic E-state index is 12.1. The van der Waals surface area contributed by atoms with Gasteiger partial charge in [0.2, 0.25) is 0 Å². The van der Waals surface area contributed by atoms with Gasteiger partial charge in [-0.1, -0.05) is 33.1 Å². The summed E-state index contributed by atoms with van der Waals surface area (Å²) in [6, 6.07) is 0. The lowest BCUT2D eigenvalue weighted by atomic mass is 9.91. The molecule has 0 N–H and O–H groups in total. The quantitative estimate of drug-likeness (QED) is 0.729. The molecule has 1 aliphatic rings. The van der Waals surface area contributed by atoms with Crippen molar-refractivity contribution >= 4 is 9.84 Å². The van der Waals surface area contributed by atoms with Gasteiger partial charge >= 0.3 is 0 Å². The number of sulfone groups is 1. The Labute approximate surface area is 94.4 Å².